The largest absolute Gasteiger partial charge is 0.396 e. The van der Waals surface area contributed by atoms with Gasteiger partial charge in [0, 0.05) is 17.9 Å². The highest BCUT2D eigenvalue weighted by molar-refractivity contribution is 8.00. The van der Waals surface area contributed by atoms with Crippen molar-refractivity contribution in [1.82, 2.24) is 4.72 Å². The Hall–Kier alpha value is -0.560. The number of hydrogen-bond donors (Lipinski definition) is 2. The van der Waals surface area contributed by atoms with Crippen LogP contribution in [-0.4, -0.2) is 37.7 Å². The van der Waals surface area contributed by atoms with E-state index in [0.717, 1.165) is 24.8 Å². The van der Waals surface area contributed by atoms with Gasteiger partial charge in [0.05, 0.1) is 4.90 Å². The van der Waals surface area contributed by atoms with Gasteiger partial charge in [0.2, 0.25) is 10.0 Å². The van der Waals surface area contributed by atoms with Crippen molar-refractivity contribution in [3.63, 3.8) is 0 Å². The van der Waals surface area contributed by atoms with Gasteiger partial charge in [-0.15, -0.1) is 0 Å². The van der Waals surface area contributed by atoms with Crippen LogP contribution < -0.4 is 4.72 Å². The van der Waals surface area contributed by atoms with E-state index in [1.54, 1.807) is 23.9 Å². The summed E-state index contributed by atoms with van der Waals surface area (Å²) in [5.41, 5.74) is 1.04. The SMILES string of the molecule is CSC1(CNS(=O)(=O)c2ccc(CCCO)cc2)CCC1. The first-order chi connectivity index (χ1) is 10.0. The minimum Gasteiger partial charge on any atom is -0.396 e. The molecule has 6 heteroatoms. The van der Waals surface area contributed by atoms with Gasteiger partial charge in [-0.2, -0.15) is 11.8 Å². The summed E-state index contributed by atoms with van der Waals surface area (Å²) < 4.78 is 27.4. The predicted molar refractivity (Wildman–Crippen MR) is 87.1 cm³/mol. The summed E-state index contributed by atoms with van der Waals surface area (Å²) in [4.78, 5) is 0.311. The van der Waals surface area contributed by atoms with Gasteiger partial charge in [0.25, 0.3) is 0 Å². The zero-order valence-electron chi connectivity index (χ0n) is 12.3. The molecule has 0 heterocycles. The van der Waals surface area contributed by atoms with E-state index in [1.807, 2.05) is 18.4 Å². The van der Waals surface area contributed by atoms with E-state index in [-0.39, 0.29) is 11.4 Å². The molecule has 1 aromatic carbocycles. The zero-order valence-corrected chi connectivity index (χ0v) is 14.0. The molecule has 2 N–H and O–H groups in total. The molecule has 0 unspecified atom stereocenters. The summed E-state index contributed by atoms with van der Waals surface area (Å²) in [5, 5.41) is 8.80. The predicted octanol–water partition coefficient (Wildman–Crippen LogP) is 2.18. The number of aliphatic hydroxyl groups excluding tert-OH is 1. The lowest BCUT2D eigenvalue weighted by molar-refractivity contribution is 0.288. The van der Waals surface area contributed by atoms with Gasteiger partial charge in [-0.1, -0.05) is 18.6 Å². The summed E-state index contributed by atoms with van der Waals surface area (Å²) in [6.07, 6.45) is 6.85. The van der Waals surface area contributed by atoms with E-state index in [4.69, 9.17) is 5.11 Å². The number of hydrogen-bond acceptors (Lipinski definition) is 4. The average Bonchev–Trinajstić information content (AvgIpc) is 2.45. The van der Waals surface area contributed by atoms with Crippen LogP contribution in [0.1, 0.15) is 31.2 Å². The first-order valence-electron chi connectivity index (χ1n) is 7.26. The first kappa shape index (κ1) is 16.8. The van der Waals surface area contributed by atoms with Gasteiger partial charge < -0.3 is 5.11 Å². The molecule has 1 fully saturated rings. The van der Waals surface area contributed by atoms with Gasteiger partial charge in [0.15, 0.2) is 0 Å². The number of benzene rings is 1. The quantitative estimate of drug-likeness (QED) is 0.767. The summed E-state index contributed by atoms with van der Waals surface area (Å²) in [5.74, 6) is 0. The molecular formula is C15H23NO3S2. The highest BCUT2D eigenvalue weighted by Gasteiger charge is 2.37. The molecule has 0 saturated heterocycles. The molecule has 0 spiro atoms. The molecule has 0 atom stereocenters. The maximum Gasteiger partial charge on any atom is 0.240 e. The van der Waals surface area contributed by atoms with Gasteiger partial charge in [-0.25, -0.2) is 13.1 Å². The van der Waals surface area contributed by atoms with Crippen molar-refractivity contribution >= 4 is 21.8 Å². The third-order valence-electron chi connectivity index (χ3n) is 4.14. The Bertz CT molecular complexity index is 545. The van der Waals surface area contributed by atoms with Crippen LogP contribution in [0.4, 0.5) is 0 Å². The number of sulfonamides is 1. The molecule has 2 rings (SSSR count). The molecule has 0 amide bonds. The Morgan fingerprint density at radius 2 is 1.95 bits per heavy atom. The molecule has 0 aliphatic heterocycles. The van der Waals surface area contributed by atoms with Crippen LogP contribution >= 0.6 is 11.8 Å². The second-order valence-electron chi connectivity index (χ2n) is 5.54. The molecule has 1 aliphatic carbocycles. The number of aliphatic hydroxyl groups is 1. The van der Waals surface area contributed by atoms with Crippen molar-refractivity contribution in [3.05, 3.63) is 29.8 Å². The highest BCUT2D eigenvalue weighted by atomic mass is 32.2. The fourth-order valence-corrected chi connectivity index (χ4v) is 4.58. The second-order valence-corrected chi connectivity index (χ2v) is 8.58. The molecule has 1 aliphatic rings. The topological polar surface area (TPSA) is 66.4 Å². The van der Waals surface area contributed by atoms with E-state index >= 15 is 0 Å². The third kappa shape index (κ3) is 4.22. The number of thioether (sulfide) groups is 1. The number of nitrogens with one attached hydrogen (secondary N) is 1. The van der Waals surface area contributed by atoms with E-state index in [1.165, 1.54) is 6.42 Å². The standard InChI is InChI=1S/C15H23NO3S2/c1-20-15(9-3-10-15)12-16-21(18,19)14-7-5-13(6-8-14)4-2-11-17/h5-8,16-17H,2-4,9-12H2,1H3. The van der Waals surface area contributed by atoms with Crippen LogP contribution in [0.25, 0.3) is 0 Å². The molecule has 0 bridgehead atoms. The van der Waals surface area contributed by atoms with Crippen molar-refractivity contribution in [2.24, 2.45) is 0 Å². The lowest BCUT2D eigenvalue weighted by Crippen LogP contribution is -2.45. The van der Waals surface area contributed by atoms with Crippen molar-refractivity contribution in [1.29, 1.82) is 0 Å². The summed E-state index contributed by atoms with van der Waals surface area (Å²) in [6.45, 7) is 0.654. The van der Waals surface area contributed by atoms with Crippen molar-refractivity contribution in [2.75, 3.05) is 19.4 Å². The molecule has 0 aromatic heterocycles. The first-order valence-corrected chi connectivity index (χ1v) is 9.97. The maximum absolute atomic E-state index is 12.3. The van der Waals surface area contributed by atoms with Crippen molar-refractivity contribution in [2.45, 2.75) is 41.7 Å². The van der Waals surface area contributed by atoms with Crippen molar-refractivity contribution < 1.29 is 13.5 Å². The zero-order chi connectivity index (χ0) is 15.3. The summed E-state index contributed by atoms with van der Waals surface area (Å²) in [7, 11) is -3.43. The van der Waals surface area contributed by atoms with Gasteiger partial charge in [0.1, 0.15) is 0 Å². The number of rotatable bonds is 8. The van der Waals surface area contributed by atoms with E-state index in [9.17, 15) is 8.42 Å². The minimum atomic E-state index is -3.43. The molecule has 1 aromatic rings. The molecule has 21 heavy (non-hydrogen) atoms. The summed E-state index contributed by atoms with van der Waals surface area (Å²) in [6, 6.07) is 6.92. The van der Waals surface area contributed by atoms with Gasteiger partial charge in [-0.05, 0) is 49.6 Å². The van der Waals surface area contributed by atoms with E-state index in [2.05, 4.69) is 4.72 Å². The van der Waals surface area contributed by atoms with Crippen LogP contribution in [0.3, 0.4) is 0 Å². The van der Waals surface area contributed by atoms with Crippen LogP contribution in [0.2, 0.25) is 0 Å². The molecule has 1 saturated carbocycles. The van der Waals surface area contributed by atoms with E-state index < -0.39 is 10.0 Å². The van der Waals surface area contributed by atoms with Gasteiger partial charge >= 0.3 is 0 Å². The Morgan fingerprint density at radius 1 is 1.29 bits per heavy atom. The fourth-order valence-electron chi connectivity index (χ4n) is 2.45. The lowest BCUT2D eigenvalue weighted by Gasteiger charge is -2.40. The van der Waals surface area contributed by atoms with Crippen LogP contribution in [0, 0.1) is 0 Å². The maximum atomic E-state index is 12.3. The van der Waals surface area contributed by atoms with Crippen molar-refractivity contribution in [3.8, 4) is 0 Å². The normalized spacial score (nSPS) is 17.4. The molecule has 118 valence electrons. The highest BCUT2D eigenvalue weighted by Crippen LogP contribution is 2.42. The van der Waals surface area contributed by atoms with Crippen LogP contribution in [0.15, 0.2) is 29.2 Å². The number of aryl methyl sites for hydroxylation is 1. The minimum absolute atomic E-state index is 0.0914. The Morgan fingerprint density at radius 3 is 2.43 bits per heavy atom. The van der Waals surface area contributed by atoms with Crippen LogP contribution in [0.5, 0.6) is 0 Å². The Labute approximate surface area is 131 Å². The lowest BCUT2D eigenvalue weighted by atomic mass is 9.84. The Balaban J connectivity index is 1.98. The molecule has 0 radical (unpaired) electrons. The summed E-state index contributed by atoms with van der Waals surface area (Å²) >= 11 is 1.76. The second kappa shape index (κ2) is 7.13. The monoisotopic (exact) mass is 329 g/mol. The van der Waals surface area contributed by atoms with E-state index in [0.29, 0.717) is 17.9 Å². The third-order valence-corrected chi connectivity index (χ3v) is 6.98. The Kier molecular flexibility index (Phi) is 5.71. The van der Waals surface area contributed by atoms with Gasteiger partial charge in [-0.3, -0.25) is 0 Å². The smallest absolute Gasteiger partial charge is 0.240 e. The average molecular weight is 329 g/mol. The van der Waals surface area contributed by atoms with Crippen LogP contribution in [-0.2, 0) is 16.4 Å². The molecule has 4 nitrogen and oxygen atoms in total. The molecular weight excluding hydrogens is 306 g/mol. The fraction of sp³-hybridized carbons (Fsp3) is 0.600.